The van der Waals surface area contributed by atoms with Gasteiger partial charge in [-0.05, 0) is 35.0 Å². The number of rotatable bonds is 3. The number of allylic oxidation sites excluding steroid dienone is 2. The quantitative estimate of drug-likeness (QED) is 0.815. The third-order valence-electron chi connectivity index (χ3n) is 3.87. The number of hydrogen-bond acceptors (Lipinski definition) is 3. The van der Waals surface area contributed by atoms with E-state index in [0.717, 1.165) is 5.56 Å². The zero-order valence-electron chi connectivity index (χ0n) is 12.5. The average Bonchev–Trinajstić information content (AvgIpc) is 2.81. The molecule has 0 spiro atoms. The van der Waals surface area contributed by atoms with Crippen molar-refractivity contribution in [2.24, 2.45) is 5.73 Å². The highest BCUT2D eigenvalue weighted by atomic mass is 32.2. The number of halogens is 3. The van der Waals surface area contributed by atoms with Crippen molar-refractivity contribution in [3.05, 3.63) is 71.4 Å². The van der Waals surface area contributed by atoms with Crippen LogP contribution in [0.4, 0.5) is 13.2 Å². The molecular weight excluding hydrogens is 335 g/mol. The maximum absolute atomic E-state index is 12.7. The largest absolute Gasteiger partial charge is 0.446 e. The number of thioether (sulfide) groups is 1. The van der Waals surface area contributed by atoms with Gasteiger partial charge in [0.05, 0.1) is 5.92 Å². The molecule has 0 heterocycles. The first-order valence-electron chi connectivity index (χ1n) is 7.29. The van der Waals surface area contributed by atoms with E-state index in [1.807, 2.05) is 30.3 Å². The minimum absolute atomic E-state index is 0.0382. The van der Waals surface area contributed by atoms with Crippen molar-refractivity contribution in [3.8, 4) is 0 Å². The zero-order valence-corrected chi connectivity index (χ0v) is 13.3. The van der Waals surface area contributed by atoms with Crippen molar-refractivity contribution in [2.45, 2.75) is 22.7 Å². The highest BCUT2D eigenvalue weighted by molar-refractivity contribution is 8.00. The van der Waals surface area contributed by atoms with E-state index in [0.29, 0.717) is 23.3 Å². The Bertz CT molecular complexity index is 799. The van der Waals surface area contributed by atoms with E-state index in [1.165, 1.54) is 18.2 Å². The first-order chi connectivity index (χ1) is 11.3. The monoisotopic (exact) mass is 349 g/mol. The van der Waals surface area contributed by atoms with E-state index in [9.17, 15) is 18.0 Å². The number of benzene rings is 2. The summed E-state index contributed by atoms with van der Waals surface area (Å²) in [6, 6.07) is 15.1. The summed E-state index contributed by atoms with van der Waals surface area (Å²) in [5, 5.41) is 0. The number of hydrogen-bond donors (Lipinski definition) is 1. The highest BCUT2D eigenvalue weighted by Gasteiger charge is 2.34. The molecule has 0 aromatic heterocycles. The Labute approximate surface area is 141 Å². The van der Waals surface area contributed by atoms with Crippen molar-refractivity contribution < 1.29 is 18.0 Å². The molecule has 124 valence electrons. The van der Waals surface area contributed by atoms with E-state index in [-0.39, 0.29) is 28.4 Å². The SMILES string of the molecule is NC1=C(c2cccc(SC(F)(F)F)c2)C(=O)C(c2ccccc2)C1. The summed E-state index contributed by atoms with van der Waals surface area (Å²) in [6.45, 7) is 0. The fraction of sp³-hybridized carbons (Fsp3) is 0.167. The van der Waals surface area contributed by atoms with Crippen molar-refractivity contribution in [1.29, 1.82) is 0 Å². The van der Waals surface area contributed by atoms with Crippen LogP contribution in [0, 0.1) is 0 Å². The van der Waals surface area contributed by atoms with Gasteiger partial charge < -0.3 is 5.73 Å². The lowest BCUT2D eigenvalue weighted by molar-refractivity contribution is -0.114. The van der Waals surface area contributed by atoms with Gasteiger partial charge in [0.2, 0.25) is 0 Å². The number of nitrogens with two attached hydrogens (primary N) is 1. The lowest BCUT2D eigenvalue weighted by Crippen LogP contribution is -2.08. The smallest absolute Gasteiger partial charge is 0.401 e. The molecule has 0 fully saturated rings. The topological polar surface area (TPSA) is 43.1 Å². The van der Waals surface area contributed by atoms with Crippen LogP contribution < -0.4 is 5.73 Å². The molecule has 0 bridgehead atoms. The normalized spacial score (nSPS) is 18.3. The molecule has 0 saturated heterocycles. The second-order valence-corrected chi connectivity index (χ2v) is 6.65. The van der Waals surface area contributed by atoms with E-state index < -0.39 is 5.51 Å². The van der Waals surface area contributed by atoms with Gasteiger partial charge in [-0.1, -0.05) is 42.5 Å². The second-order valence-electron chi connectivity index (χ2n) is 5.51. The molecule has 2 aromatic rings. The van der Waals surface area contributed by atoms with E-state index in [1.54, 1.807) is 6.07 Å². The summed E-state index contributed by atoms with van der Waals surface area (Å²) in [5.41, 5.74) is 3.71. The lowest BCUT2D eigenvalue weighted by Gasteiger charge is -2.10. The maximum atomic E-state index is 12.7. The Kier molecular flexibility index (Phi) is 4.41. The molecule has 2 N–H and O–H groups in total. The third-order valence-corrected chi connectivity index (χ3v) is 4.59. The summed E-state index contributed by atoms with van der Waals surface area (Å²) >= 11 is -0.201. The molecular formula is C18H14F3NOS. The van der Waals surface area contributed by atoms with E-state index >= 15 is 0 Å². The van der Waals surface area contributed by atoms with Gasteiger partial charge in [-0.15, -0.1) is 0 Å². The van der Waals surface area contributed by atoms with Crippen LogP contribution in [0.25, 0.3) is 5.57 Å². The Morgan fingerprint density at radius 2 is 1.75 bits per heavy atom. The first kappa shape index (κ1) is 16.6. The molecule has 24 heavy (non-hydrogen) atoms. The van der Waals surface area contributed by atoms with E-state index in [4.69, 9.17) is 5.73 Å². The van der Waals surface area contributed by atoms with Crippen LogP contribution in [0.5, 0.6) is 0 Å². The highest BCUT2D eigenvalue weighted by Crippen LogP contribution is 2.41. The summed E-state index contributed by atoms with van der Waals surface area (Å²) in [5.74, 6) is -0.520. The van der Waals surface area contributed by atoms with Crippen LogP contribution >= 0.6 is 11.8 Å². The number of ketones is 1. The van der Waals surface area contributed by atoms with Crippen molar-refractivity contribution in [3.63, 3.8) is 0 Å². The predicted octanol–water partition coefficient (Wildman–Crippen LogP) is 4.72. The fourth-order valence-electron chi connectivity index (χ4n) is 2.88. The van der Waals surface area contributed by atoms with Gasteiger partial charge in [-0.25, -0.2) is 0 Å². The van der Waals surface area contributed by atoms with E-state index in [2.05, 4.69) is 0 Å². The number of carbonyl (C=O) groups excluding carboxylic acids is 1. The van der Waals surface area contributed by atoms with Crippen LogP contribution in [-0.4, -0.2) is 11.3 Å². The molecule has 1 aliphatic carbocycles. The zero-order chi connectivity index (χ0) is 17.3. The van der Waals surface area contributed by atoms with Crippen LogP contribution in [0.2, 0.25) is 0 Å². The van der Waals surface area contributed by atoms with Gasteiger partial charge in [0.1, 0.15) is 0 Å². The molecule has 1 unspecified atom stereocenters. The average molecular weight is 349 g/mol. The summed E-state index contributed by atoms with van der Waals surface area (Å²) in [4.78, 5) is 12.8. The minimum atomic E-state index is -4.37. The summed E-state index contributed by atoms with van der Waals surface area (Å²) in [6.07, 6.45) is 0.384. The Morgan fingerprint density at radius 1 is 1.04 bits per heavy atom. The third kappa shape index (κ3) is 3.48. The van der Waals surface area contributed by atoms with Gasteiger partial charge in [-0.3, -0.25) is 4.79 Å². The molecule has 6 heteroatoms. The van der Waals surface area contributed by atoms with Gasteiger partial charge in [0, 0.05) is 22.6 Å². The van der Waals surface area contributed by atoms with Crippen LogP contribution in [0.1, 0.15) is 23.5 Å². The summed E-state index contributed by atoms with van der Waals surface area (Å²) in [7, 11) is 0. The molecule has 2 aromatic carbocycles. The van der Waals surface area contributed by atoms with Crippen LogP contribution in [0.15, 0.2) is 65.2 Å². The Morgan fingerprint density at radius 3 is 2.42 bits per heavy atom. The van der Waals surface area contributed by atoms with Crippen molar-refractivity contribution >= 4 is 23.1 Å². The second kappa shape index (κ2) is 6.36. The lowest BCUT2D eigenvalue weighted by atomic mass is 9.93. The number of alkyl halides is 3. The molecule has 0 aliphatic heterocycles. The van der Waals surface area contributed by atoms with Gasteiger partial charge in [0.25, 0.3) is 0 Å². The molecule has 0 amide bonds. The van der Waals surface area contributed by atoms with Crippen molar-refractivity contribution in [1.82, 2.24) is 0 Å². The molecule has 0 radical (unpaired) electrons. The number of carbonyl (C=O) groups is 1. The molecule has 0 saturated carbocycles. The fourth-order valence-corrected chi connectivity index (χ4v) is 3.48. The van der Waals surface area contributed by atoms with Crippen LogP contribution in [0.3, 0.4) is 0 Å². The first-order valence-corrected chi connectivity index (χ1v) is 8.11. The van der Waals surface area contributed by atoms with Gasteiger partial charge in [0.15, 0.2) is 5.78 Å². The van der Waals surface area contributed by atoms with Crippen molar-refractivity contribution in [2.75, 3.05) is 0 Å². The van der Waals surface area contributed by atoms with Gasteiger partial charge in [-0.2, -0.15) is 13.2 Å². The maximum Gasteiger partial charge on any atom is 0.446 e. The Hall–Kier alpha value is -2.21. The van der Waals surface area contributed by atoms with Gasteiger partial charge >= 0.3 is 5.51 Å². The molecule has 2 nitrogen and oxygen atoms in total. The number of Topliss-reactive ketones (excluding diaryl/α,β-unsaturated/α-hetero) is 1. The Balaban J connectivity index is 1.91. The molecule has 1 atom stereocenters. The molecule has 1 aliphatic rings. The molecule has 3 rings (SSSR count). The predicted molar refractivity (Wildman–Crippen MR) is 88.3 cm³/mol. The van der Waals surface area contributed by atoms with Crippen LogP contribution in [-0.2, 0) is 4.79 Å². The summed E-state index contributed by atoms with van der Waals surface area (Å²) < 4.78 is 37.6. The minimum Gasteiger partial charge on any atom is -0.401 e. The standard InChI is InChI=1S/C18H14F3NOS/c19-18(20,21)24-13-8-4-7-12(9-13)16-15(22)10-14(17(16)23)11-5-2-1-3-6-11/h1-9,14H,10,22H2.